The van der Waals surface area contributed by atoms with Crippen molar-refractivity contribution in [3.8, 4) is 0 Å². The van der Waals surface area contributed by atoms with Crippen LogP contribution >= 0.6 is 0 Å². The molecule has 0 aromatic heterocycles. The van der Waals surface area contributed by atoms with Crippen molar-refractivity contribution in [3.63, 3.8) is 0 Å². The molecule has 1 heterocycles. The molecule has 210 valence electrons. The highest BCUT2D eigenvalue weighted by atomic mass is 16.5. The maximum Gasteiger partial charge on any atom is 0.0603 e. The topological polar surface area (TPSA) is 12.5 Å². The van der Waals surface area contributed by atoms with Crippen LogP contribution in [0.15, 0.2) is 0 Å². The fraction of sp³-hybridized carbons (Fsp3) is 1.00. The lowest BCUT2D eigenvalue weighted by molar-refractivity contribution is -0.0415. The van der Waals surface area contributed by atoms with E-state index in [4.69, 9.17) is 4.74 Å². The normalized spacial score (nSPS) is 18.1. The highest BCUT2D eigenvalue weighted by Crippen LogP contribution is 2.26. The van der Waals surface area contributed by atoms with Crippen molar-refractivity contribution in [2.75, 3.05) is 19.6 Å². The van der Waals surface area contributed by atoms with E-state index in [-0.39, 0.29) is 0 Å². The first kappa shape index (κ1) is 32.9. The molecule has 0 aliphatic carbocycles. The lowest BCUT2D eigenvalue weighted by Crippen LogP contribution is -2.40. The average molecular weight is 494 g/mol. The van der Waals surface area contributed by atoms with Gasteiger partial charge in [0.1, 0.15) is 0 Å². The molecule has 0 aromatic rings. The van der Waals surface area contributed by atoms with Crippen LogP contribution in [0.25, 0.3) is 0 Å². The minimum atomic E-state index is 0.437. The van der Waals surface area contributed by atoms with Crippen molar-refractivity contribution in [1.29, 1.82) is 0 Å². The third kappa shape index (κ3) is 17.9. The summed E-state index contributed by atoms with van der Waals surface area (Å²) in [6, 6.07) is 0. The number of piperidine rings is 1. The number of nitrogens with zero attached hydrogens (tertiary/aromatic N) is 1. The van der Waals surface area contributed by atoms with Gasteiger partial charge in [0.2, 0.25) is 0 Å². The van der Waals surface area contributed by atoms with Gasteiger partial charge in [0.25, 0.3) is 0 Å². The van der Waals surface area contributed by atoms with Crippen molar-refractivity contribution in [1.82, 2.24) is 4.90 Å². The Labute approximate surface area is 222 Å². The van der Waals surface area contributed by atoms with Crippen LogP contribution in [0, 0.1) is 11.8 Å². The molecule has 0 amide bonds. The van der Waals surface area contributed by atoms with E-state index in [1.54, 1.807) is 0 Å². The van der Waals surface area contributed by atoms with E-state index < -0.39 is 0 Å². The summed E-state index contributed by atoms with van der Waals surface area (Å²) in [5.74, 6) is 1.85. The third-order valence-corrected chi connectivity index (χ3v) is 8.57. The highest BCUT2D eigenvalue weighted by molar-refractivity contribution is 4.76. The van der Waals surface area contributed by atoms with Gasteiger partial charge in [-0.2, -0.15) is 0 Å². The second kappa shape index (κ2) is 23.1. The molecular weight excluding hydrogens is 426 g/mol. The van der Waals surface area contributed by atoms with Gasteiger partial charge in [0, 0.05) is 19.6 Å². The molecule has 2 unspecified atom stereocenters. The first-order chi connectivity index (χ1) is 17.1. The molecule has 1 saturated heterocycles. The van der Waals surface area contributed by atoms with E-state index in [9.17, 15) is 0 Å². The quantitative estimate of drug-likeness (QED) is 0.124. The number of rotatable bonds is 24. The fourth-order valence-electron chi connectivity index (χ4n) is 6.10. The molecule has 0 spiro atoms. The largest absolute Gasteiger partial charge is 0.375 e. The Morgan fingerprint density at radius 3 is 1.66 bits per heavy atom. The lowest BCUT2D eigenvalue weighted by atomic mass is 9.90. The molecule has 0 saturated carbocycles. The van der Waals surface area contributed by atoms with Crippen LogP contribution in [0.4, 0.5) is 0 Å². The predicted molar refractivity (Wildman–Crippen MR) is 157 cm³/mol. The zero-order chi connectivity index (χ0) is 25.6. The monoisotopic (exact) mass is 494 g/mol. The summed E-state index contributed by atoms with van der Waals surface area (Å²) in [5, 5.41) is 0. The summed E-state index contributed by atoms with van der Waals surface area (Å²) in [7, 11) is 0. The summed E-state index contributed by atoms with van der Waals surface area (Å²) in [6.45, 7) is 15.5. The highest BCUT2D eigenvalue weighted by Gasteiger charge is 2.23. The van der Waals surface area contributed by atoms with Gasteiger partial charge >= 0.3 is 0 Å². The van der Waals surface area contributed by atoms with Crippen molar-refractivity contribution in [2.45, 2.75) is 182 Å². The van der Waals surface area contributed by atoms with Crippen LogP contribution < -0.4 is 0 Å². The van der Waals surface area contributed by atoms with Crippen LogP contribution in [0.5, 0.6) is 0 Å². The Bertz CT molecular complexity index is 431. The Morgan fingerprint density at radius 1 is 0.571 bits per heavy atom. The van der Waals surface area contributed by atoms with Crippen molar-refractivity contribution in [3.05, 3.63) is 0 Å². The standard InChI is InChI=1S/C33H67NO/c1-6-10-14-16-18-22-32(20-13-9-4)29-34-27-25-33(26-28-34)35-30(5)23-24-31(19-12-8-3)21-17-15-11-7-2/h30-33H,6-29H2,1-5H3/t30-,31?,32?/m0/s1. The maximum atomic E-state index is 6.58. The second-order valence-electron chi connectivity index (χ2n) is 12.1. The zero-order valence-corrected chi connectivity index (χ0v) is 25.1. The Kier molecular flexibility index (Phi) is 21.7. The number of hydrogen-bond donors (Lipinski definition) is 0. The zero-order valence-electron chi connectivity index (χ0n) is 25.1. The average Bonchev–Trinajstić information content (AvgIpc) is 2.87. The molecule has 1 aliphatic heterocycles. The first-order valence-electron chi connectivity index (χ1n) is 16.5. The molecule has 1 aliphatic rings. The third-order valence-electron chi connectivity index (χ3n) is 8.57. The molecule has 2 heteroatoms. The van der Waals surface area contributed by atoms with Gasteiger partial charge in [0.05, 0.1) is 12.2 Å². The summed E-state index contributed by atoms with van der Waals surface area (Å²) in [4.78, 5) is 2.77. The Morgan fingerprint density at radius 2 is 1.06 bits per heavy atom. The van der Waals surface area contributed by atoms with Gasteiger partial charge in [-0.25, -0.2) is 0 Å². The molecule has 0 N–H and O–H groups in total. The lowest BCUT2D eigenvalue weighted by Gasteiger charge is -2.35. The van der Waals surface area contributed by atoms with Crippen molar-refractivity contribution >= 4 is 0 Å². The molecule has 1 fully saturated rings. The molecule has 3 atom stereocenters. The molecular formula is C33H67NO. The Balaban J connectivity index is 2.29. The van der Waals surface area contributed by atoms with Crippen molar-refractivity contribution in [2.24, 2.45) is 11.8 Å². The van der Waals surface area contributed by atoms with E-state index >= 15 is 0 Å². The van der Waals surface area contributed by atoms with E-state index in [0.29, 0.717) is 12.2 Å². The van der Waals surface area contributed by atoms with E-state index in [2.05, 4.69) is 39.5 Å². The fourth-order valence-corrected chi connectivity index (χ4v) is 6.10. The van der Waals surface area contributed by atoms with E-state index in [0.717, 1.165) is 11.8 Å². The van der Waals surface area contributed by atoms with Gasteiger partial charge in [-0.05, 0) is 57.3 Å². The number of hydrogen-bond acceptors (Lipinski definition) is 2. The molecule has 0 aromatic carbocycles. The molecule has 1 rings (SSSR count). The molecule has 35 heavy (non-hydrogen) atoms. The van der Waals surface area contributed by atoms with Crippen LogP contribution in [0.1, 0.15) is 169 Å². The second-order valence-corrected chi connectivity index (χ2v) is 12.1. The smallest absolute Gasteiger partial charge is 0.0603 e. The van der Waals surface area contributed by atoms with Crippen LogP contribution in [0.3, 0.4) is 0 Å². The minimum Gasteiger partial charge on any atom is -0.375 e. The van der Waals surface area contributed by atoms with Crippen molar-refractivity contribution < 1.29 is 4.74 Å². The van der Waals surface area contributed by atoms with Crippen LogP contribution in [-0.4, -0.2) is 36.7 Å². The molecule has 0 bridgehead atoms. The summed E-state index contributed by atoms with van der Waals surface area (Å²) in [5.41, 5.74) is 0. The van der Waals surface area contributed by atoms with E-state index in [1.807, 2.05) is 0 Å². The summed E-state index contributed by atoms with van der Waals surface area (Å²) < 4.78 is 6.58. The molecule has 2 nitrogen and oxygen atoms in total. The minimum absolute atomic E-state index is 0.437. The maximum absolute atomic E-state index is 6.58. The van der Waals surface area contributed by atoms with Gasteiger partial charge in [-0.1, -0.05) is 124 Å². The van der Waals surface area contributed by atoms with Gasteiger partial charge in [0.15, 0.2) is 0 Å². The Hall–Kier alpha value is -0.0800. The molecule has 0 radical (unpaired) electrons. The van der Waals surface area contributed by atoms with Gasteiger partial charge in [-0.15, -0.1) is 0 Å². The summed E-state index contributed by atoms with van der Waals surface area (Å²) in [6.07, 6.45) is 30.1. The van der Waals surface area contributed by atoms with Gasteiger partial charge < -0.3 is 9.64 Å². The summed E-state index contributed by atoms with van der Waals surface area (Å²) >= 11 is 0. The number of ether oxygens (including phenoxy) is 1. The van der Waals surface area contributed by atoms with Crippen LogP contribution in [0.2, 0.25) is 0 Å². The SMILES string of the molecule is CCCCCCCC(CCCC)CN1CCC(O[C@@H](C)CCC(CCCC)CCCCCC)CC1. The first-order valence-corrected chi connectivity index (χ1v) is 16.5. The number of unbranched alkanes of at least 4 members (excludes halogenated alkanes) is 9. The predicted octanol–water partition coefficient (Wildman–Crippen LogP) is 10.6. The van der Waals surface area contributed by atoms with E-state index in [1.165, 1.54) is 154 Å². The van der Waals surface area contributed by atoms with Crippen LogP contribution in [-0.2, 0) is 4.74 Å². The van der Waals surface area contributed by atoms with Gasteiger partial charge in [-0.3, -0.25) is 0 Å². The number of likely N-dealkylation sites (tertiary alicyclic amines) is 1.